The van der Waals surface area contributed by atoms with Crippen molar-refractivity contribution in [2.24, 2.45) is 0 Å². The number of rotatable bonds is 8. The standard InChI is InChI=1S/C17H23Br2NO3Si/c1-22-17-12-9-15(16(21)10-18)20(14(12)6-5-13(17)19)11-23-7-8-24(2,3)4/h5-6,9H,7-8,10-11H2,1-4H3. The molecule has 2 aromatic rings. The Morgan fingerprint density at radius 1 is 1.29 bits per heavy atom. The Hall–Kier alpha value is -0.633. The molecule has 1 aromatic heterocycles. The molecule has 0 bridgehead atoms. The zero-order valence-corrected chi connectivity index (χ0v) is 18.7. The van der Waals surface area contributed by atoms with E-state index in [4.69, 9.17) is 9.47 Å². The highest BCUT2D eigenvalue weighted by molar-refractivity contribution is 9.10. The summed E-state index contributed by atoms with van der Waals surface area (Å²) in [6.07, 6.45) is 0. The molecule has 0 atom stereocenters. The number of carbonyl (C=O) groups excluding carboxylic acids is 1. The van der Waals surface area contributed by atoms with Gasteiger partial charge in [0.15, 0.2) is 5.78 Å². The van der Waals surface area contributed by atoms with Crippen molar-refractivity contribution in [3.63, 3.8) is 0 Å². The number of Topliss-reactive ketones (excluding diaryl/α,β-unsaturated/α-hetero) is 1. The van der Waals surface area contributed by atoms with Gasteiger partial charge >= 0.3 is 0 Å². The van der Waals surface area contributed by atoms with Crippen LogP contribution in [-0.4, -0.2) is 37.5 Å². The first-order valence-electron chi connectivity index (χ1n) is 7.81. The molecule has 0 saturated carbocycles. The van der Waals surface area contributed by atoms with Gasteiger partial charge in [-0.25, -0.2) is 0 Å². The number of methoxy groups -OCH3 is 1. The van der Waals surface area contributed by atoms with Crippen molar-refractivity contribution in [2.75, 3.05) is 19.0 Å². The summed E-state index contributed by atoms with van der Waals surface area (Å²) in [6, 6.07) is 6.89. The largest absolute Gasteiger partial charge is 0.495 e. The molecular weight excluding hydrogens is 454 g/mol. The first-order chi connectivity index (χ1) is 11.3. The summed E-state index contributed by atoms with van der Waals surface area (Å²) >= 11 is 6.76. The van der Waals surface area contributed by atoms with E-state index in [1.807, 2.05) is 22.8 Å². The van der Waals surface area contributed by atoms with Crippen LogP contribution >= 0.6 is 31.9 Å². The van der Waals surface area contributed by atoms with Gasteiger partial charge < -0.3 is 14.0 Å². The Morgan fingerprint density at radius 2 is 2.00 bits per heavy atom. The van der Waals surface area contributed by atoms with E-state index in [-0.39, 0.29) is 11.1 Å². The molecule has 1 heterocycles. The van der Waals surface area contributed by atoms with Gasteiger partial charge in [-0.3, -0.25) is 4.79 Å². The average molecular weight is 477 g/mol. The molecule has 1 aromatic carbocycles. The normalized spacial score (nSPS) is 11.9. The van der Waals surface area contributed by atoms with Crippen LogP contribution in [0, 0.1) is 0 Å². The highest BCUT2D eigenvalue weighted by Gasteiger charge is 2.19. The van der Waals surface area contributed by atoms with Crippen LogP contribution in [0.4, 0.5) is 0 Å². The summed E-state index contributed by atoms with van der Waals surface area (Å²) in [5.74, 6) is 0.759. The Bertz CT molecular complexity index is 737. The molecular formula is C17H23Br2NO3Si. The number of ketones is 1. The third-order valence-corrected chi connectivity index (χ3v) is 6.65. The van der Waals surface area contributed by atoms with Gasteiger partial charge in [0.1, 0.15) is 12.5 Å². The lowest BCUT2D eigenvalue weighted by atomic mass is 10.2. The summed E-state index contributed by atoms with van der Waals surface area (Å²) < 4.78 is 14.2. The Morgan fingerprint density at radius 3 is 2.58 bits per heavy atom. The second-order valence-corrected chi connectivity index (χ2v) is 13.9. The smallest absolute Gasteiger partial charge is 0.189 e. The number of halogens is 2. The van der Waals surface area contributed by atoms with Gasteiger partial charge in [-0.15, -0.1) is 0 Å². The molecule has 0 aliphatic rings. The van der Waals surface area contributed by atoms with E-state index in [0.717, 1.165) is 27.2 Å². The van der Waals surface area contributed by atoms with E-state index in [9.17, 15) is 4.79 Å². The summed E-state index contributed by atoms with van der Waals surface area (Å²) in [5.41, 5.74) is 1.57. The van der Waals surface area contributed by atoms with Crippen LogP contribution in [0.25, 0.3) is 10.9 Å². The fraction of sp³-hybridized carbons (Fsp3) is 0.471. The summed E-state index contributed by atoms with van der Waals surface area (Å²) in [4.78, 5) is 12.3. The van der Waals surface area contributed by atoms with Gasteiger partial charge in [-0.05, 0) is 40.2 Å². The van der Waals surface area contributed by atoms with Crippen molar-refractivity contribution < 1.29 is 14.3 Å². The van der Waals surface area contributed by atoms with E-state index < -0.39 is 8.07 Å². The molecule has 0 fully saturated rings. The van der Waals surface area contributed by atoms with Gasteiger partial charge in [-0.2, -0.15) is 0 Å². The molecule has 0 radical (unpaired) electrons. The lowest BCUT2D eigenvalue weighted by Gasteiger charge is -2.16. The van der Waals surface area contributed by atoms with Crippen LogP contribution in [0.5, 0.6) is 5.75 Å². The van der Waals surface area contributed by atoms with Crippen molar-refractivity contribution in [3.8, 4) is 5.75 Å². The Balaban J connectivity index is 2.37. The molecule has 7 heteroatoms. The number of hydrogen-bond acceptors (Lipinski definition) is 3. The van der Waals surface area contributed by atoms with Crippen molar-refractivity contribution in [1.29, 1.82) is 0 Å². The van der Waals surface area contributed by atoms with Crippen LogP contribution in [0.3, 0.4) is 0 Å². The zero-order valence-electron chi connectivity index (χ0n) is 14.5. The quantitative estimate of drug-likeness (QED) is 0.224. The minimum Gasteiger partial charge on any atom is -0.495 e. The lowest BCUT2D eigenvalue weighted by Crippen LogP contribution is -2.22. The van der Waals surface area contributed by atoms with Gasteiger partial charge in [0.25, 0.3) is 0 Å². The minimum atomic E-state index is -1.13. The van der Waals surface area contributed by atoms with E-state index >= 15 is 0 Å². The fourth-order valence-corrected chi connectivity index (χ4v) is 4.01. The summed E-state index contributed by atoms with van der Waals surface area (Å²) in [5, 5.41) is 1.19. The molecule has 0 N–H and O–H groups in total. The van der Waals surface area contributed by atoms with Crippen LogP contribution in [-0.2, 0) is 11.5 Å². The van der Waals surface area contributed by atoms with Crippen molar-refractivity contribution in [2.45, 2.75) is 32.4 Å². The van der Waals surface area contributed by atoms with E-state index in [1.165, 1.54) is 0 Å². The molecule has 4 nitrogen and oxygen atoms in total. The van der Waals surface area contributed by atoms with Gasteiger partial charge in [-0.1, -0.05) is 35.6 Å². The Kier molecular flexibility index (Phi) is 6.70. The first kappa shape index (κ1) is 19.7. The van der Waals surface area contributed by atoms with Gasteiger partial charge in [0, 0.05) is 20.1 Å². The minimum absolute atomic E-state index is 0.0261. The van der Waals surface area contributed by atoms with Crippen LogP contribution in [0.15, 0.2) is 22.7 Å². The zero-order chi connectivity index (χ0) is 17.9. The monoisotopic (exact) mass is 475 g/mol. The van der Waals surface area contributed by atoms with E-state index in [0.29, 0.717) is 19.0 Å². The molecule has 24 heavy (non-hydrogen) atoms. The van der Waals surface area contributed by atoms with Gasteiger partial charge in [0.2, 0.25) is 0 Å². The average Bonchev–Trinajstić information content (AvgIpc) is 2.88. The molecule has 132 valence electrons. The number of nitrogens with zero attached hydrogens (tertiary/aromatic N) is 1. The predicted molar refractivity (Wildman–Crippen MR) is 108 cm³/mol. The second kappa shape index (κ2) is 8.16. The SMILES string of the molecule is COc1c(Br)ccc2c1cc(C(=O)CBr)n2COCC[Si](C)(C)C. The molecule has 0 aliphatic carbocycles. The number of benzene rings is 1. The van der Waals surface area contributed by atoms with Crippen molar-refractivity contribution in [3.05, 3.63) is 28.4 Å². The molecule has 0 unspecified atom stereocenters. The Labute approximate surface area is 160 Å². The number of carbonyl (C=O) groups is 1. The maximum absolute atomic E-state index is 12.3. The molecule has 2 rings (SSSR count). The topological polar surface area (TPSA) is 40.5 Å². The summed E-state index contributed by atoms with van der Waals surface area (Å²) in [7, 11) is 0.500. The molecule has 0 aliphatic heterocycles. The number of hydrogen-bond donors (Lipinski definition) is 0. The summed E-state index contributed by atoms with van der Waals surface area (Å²) in [6.45, 7) is 8.05. The molecule has 0 saturated heterocycles. The first-order valence-corrected chi connectivity index (χ1v) is 13.4. The van der Waals surface area contributed by atoms with Crippen LogP contribution < -0.4 is 4.74 Å². The molecule has 0 amide bonds. The second-order valence-electron chi connectivity index (χ2n) is 6.88. The van der Waals surface area contributed by atoms with E-state index in [2.05, 4.69) is 51.5 Å². The number of alkyl halides is 1. The highest BCUT2D eigenvalue weighted by Crippen LogP contribution is 2.35. The number of ether oxygens (including phenoxy) is 2. The van der Waals surface area contributed by atoms with Gasteiger partial charge in [0.05, 0.1) is 28.1 Å². The maximum atomic E-state index is 12.3. The number of fused-ring (bicyclic) bond motifs is 1. The van der Waals surface area contributed by atoms with Crippen molar-refractivity contribution in [1.82, 2.24) is 4.57 Å². The maximum Gasteiger partial charge on any atom is 0.189 e. The predicted octanol–water partition coefficient (Wildman–Crippen LogP) is 5.30. The van der Waals surface area contributed by atoms with Crippen LogP contribution in [0.2, 0.25) is 25.7 Å². The van der Waals surface area contributed by atoms with Crippen LogP contribution in [0.1, 0.15) is 10.5 Å². The third kappa shape index (κ3) is 4.50. The molecule has 0 spiro atoms. The van der Waals surface area contributed by atoms with Crippen molar-refractivity contribution >= 4 is 56.6 Å². The number of aromatic nitrogens is 1. The third-order valence-electron chi connectivity index (χ3n) is 3.82. The lowest BCUT2D eigenvalue weighted by molar-refractivity contribution is 0.0837. The van der Waals surface area contributed by atoms with E-state index in [1.54, 1.807) is 7.11 Å². The highest BCUT2D eigenvalue weighted by atomic mass is 79.9. The fourth-order valence-electron chi connectivity index (χ4n) is 2.46.